The average Bonchev–Trinajstić information content (AvgIpc) is 3.05. The molecule has 2 aromatic rings. The molecule has 0 radical (unpaired) electrons. The van der Waals surface area contributed by atoms with E-state index in [0.717, 1.165) is 50.3 Å². The highest BCUT2D eigenvalue weighted by Crippen LogP contribution is 2.25. The molecular formula is C20H30N4O. The minimum absolute atomic E-state index is 0.488. The summed E-state index contributed by atoms with van der Waals surface area (Å²) >= 11 is 0. The Hall–Kier alpha value is -1.88. The van der Waals surface area contributed by atoms with Crippen LogP contribution in [0.1, 0.15) is 49.6 Å². The third-order valence-corrected chi connectivity index (χ3v) is 5.05. The molecule has 5 heteroatoms. The third-order valence-electron chi connectivity index (χ3n) is 5.05. The van der Waals surface area contributed by atoms with Crippen molar-refractivity contribution in [3.63, 3.8) is 0 Å². The quantitative estimate of drug-likeness (QED) is 0.804. The summed E-state index contributed by atoms with van der Waals surface area (Å²) in [6.45, 7) is 9.83. The van der Waals surface area contributed by atoms with E-state index in [1.165, 1.54) is 11.1 Å². The van der Waals surface area contributed by atoms with Crippen molar-refractivity contribution in [1.29, 1.82) is 0 Å². The van der Waals surface area contributed by atoms with Gasteiger partial charge in [-0.3, -0.25) is 4.90 Å². The van der Waals surface area contributed by atoms with Crippen LogP contribution in [0.5, 0.6) is 5.75 Å². The van der Waals surface area contributed by atoms with Gasteiger partial charge < -0.3 is 4.74 Å². The number of nitrogens with zero attached hydrogens (tertiary/aromatic N) is 4. The fraction of sp³-hybridized carbons (Fsp3) is 0.600. The molecule has 1 aliphatic heterocycles. The van der Waals surface area contributed by atoms with E-state index in [1.54, 1.807) is 7.11 Å². The summed E-state index contributed by atoms with van der Waals surface area (Å²) < 4.78 is 7.39. The van der Waals surface area contributed by atoms with E-state index in [2.05, 4.69) is 65.1 Å². The molecule has 0 unspecified atom stereocenters. The average molecular weight is 342 g/mol. The highest BCUT2D eigenvalue weighted by Gasteiger charge is 2.22. The van der Waals surface area contributed by atoms with Crippen molar-refractivity contribution in [2.75, 3.05) is 20.2 Å². The van der Waals surface area contributed by atoms with Crippen molar-refractivity contribution in [3.05, 3.63) is 41.2 Å². The van der Waals surface area contributed by atoms with Gasteiger partial charge in [0.2, 0.25) is 0 Å². The van der Waals surface area contributed by atoms with E-state index in [-0.39, 0.29) is 0 Å². The van der Waals surface area contributed by atoms with Crippen LogP contribution in [0.3, 0.4) is 0 Å². The van der Waals surface area contributed by atoms with E-state index in [9.17, 15) is 0 Å². The van der Waals surface area contributed by atoms with Crippen LogP contribution < -0.4 is 4.74 Å². The number of rotatable bonds is 6. The Morgan fingerprint density at radius 2 is 2.00 bits per heavy atom. The number of likely N-dealkylation sites (tertiary alicyclic amines) is 1. The lowest BCUT2D eigenvalue weighted by Gasteiger charge is -2.32. The number of ether oxygens (including phenoxy) is 1. The van der Waals surface area contributed by atoms with Gasteiger partial charge >= 0.3 is 0 Å². The first kappa shape index (κ1) is 17.9. The molecule has 1 aromatic carbocycles. The molecule has 1 saturated heterocycles. The van der Waals surface area contributed by atoms with Gasteiger partial charge in [-0.2, -0.15) is 0 Å². The van der Waals surface area contributed by atoms with E-state index in [1.807, 2.05) is 0 Å². The first-order valence-corrected chi connectivity index (χ1v) is 9.31. The zero-order valence-corrected chi connectivity index (χ0v) is 15.9. The van der Waals surface area contributed by atoms with Crippen LogP contribution in [0.15, 0.2) is 24.4 Å². The first-order chi connectivity index (χ1) is 12.0. The summed E-state index contributed by atoms with van der Waals surface area (Å²) in [5.74, 6) is 1.56. The van der Waals surface area contributed by atoms with Gasteiger partial charge in [0, 0.05) is 25.8 Å². The second-order valence-electron chi connectivity index (χ2n) is 7.59. The molecule has 1 aliphatic rings. The van der Waals surface area contributed by atoms with Gasteiger partial charge in [-0.25, -0.2) is 4.68 Å². The molecule has 0 amide bonds. The molecule has 0 spiro atoms. The Kier molecular flexibility index (Phi) is 5.74. The van der Waals surface area contributed by atoms with Gasteiger partial charge in [-0.05, 0) is 55.4 Å². The summed E-state index contributed by atoms with van der Waals surface area (Å²) in [7, 11) is 1.72. The van der Waals surface area contributed by atoms with Gasteiger partial charge in [0.05, 0.1) is 18.8 Å². The number of piperidine rings is 1. The highest BCUT2D eigenvalue weighted by molar-refractivity contribution is 5.34. The van der Waals surface area contributed by atoms with Crippen LogP contribution in [-0.4, -0.2) is 40.1 Å². The summed E-state index contributed by atoms with van der Waals surface area (Å²) in [6, 6.07) is 6.85. The second-order valence-corrected chi connectivity index (χ2v) is 7.59. The lowest BCUT2D eigenvalue weighted by molar-refractivity contribution is 0.172. The molecule has 136 valence electrons. The molecular weight excluding hydrogens is 312 g/mol. The van der Waals surface area contributed by atoms with Crippen molar-refractivity contribution in [1.82, 2.24) is 19.9 Å². The minimum atomic E-state index is 0.488. The first-order valence-electron chi connectivity index (χ1n) is 9.31. The largest absolute Gasteiger partial charge is 0.497 e. The number of benzene rings is 1. The van der Waals surface area contributed by atoms with Crippen LogP contribution in [0, 0.1) is 12.8 Å². The Morgan fingerprint density at radius 3 is 2.64 bits per heavy atom. The van der Waals surface area contributed by atoms with E-state index in [4.69, 9.17) is 4.74 Å². The molecule has 0 N–H and O–H groups in total. The van der Waals surface area contributed by atoms with Crippen LogP contribution in [0.2, 0.25) is 0 Å². The number of methoxy groups -OCH3 is 1. The molecule has 0 saturated carbocycles. The summed E-state index contributed by atoms with van der Waals surface area (Å²) in [5.41, 5.74) is 3.81. The van der Waals surface area contributed by atoms with Crippen LogP contribution in [0.4, 0.5) is 0 Å². The van der Waals surface area contributed by atoms with Crippen molar-refractivity contribution >= 4 is 0 Å². The fourth-order valence-electron chi connectivity index (χ4n) is 3.56. The predicted octanol–water partition coefficient (Wildman–Crippen LogP) is 3.63. The van der Waals surface area contributed by atoms with Gasteiger partial charge in [0.25, 0.3) is 0 Å². The monoisotopic (exact) mass is 342 g/mol. The standard InChI is InChI=1S/C20H30N4O/c1-15(2)11-18-14-24(22-21-18)19-7-9-23(10-8-19)13-17-5-6-20(25-4)12-16(17)3/h5-6,12,14-15,19H,7-11,13H2,1-4H3. The Labute approximate surface area is 151 Å². The normalized spacial score (nSPS) is 16.5. The van der Waals surface area contributed by atoms with Gasteiger partial charge in [0.15, 0.2) is 0 Å². The Morgan fingerprint density at radius 1 is 1.24 bits per heavy atom. The summed E-state index contributed by atoms with van der Waals surface area (Å²) in [5, 5.41) is 8.70. The number of hydrogen-bond donors (Lipinski definition) is 0. The van der Waals surface area contributed by atoms with Gasteiger partial charge in [0.1, 0.15) is 5.75 Å². The van der Waals surface area contributed by atoms with Gasteiger partial charge in [-0.15, -0.1) is 5.10 Å². The number of hydrogen-bond acceptors (Lipinski definition) is 4. The lowest BCUT2D eigenvalue weighted by atomic mass is 10.0. The van der Waals surface area contributed by atoms with Crippen molar-refractivity contribution in [2.24, 2.45) is 5.92 Å². The molecule has 5 nitrogen and oxygen atoms in total. The summed E-state index contributed by atoms with van der Waals surface area (Å²) in [4.78, 5) is 2.54. The molecule has 2 heterocycles. The summed E-state index contributed by atoms with van der Waals surface area (Å²) in [6.07, 6.45) is 5.43. The van der Waals surface area contributed by atoms with Crippen molar-refractivity contribution in [3.8, 4) is 5.75 Å². The molecule has 25 heavy (non-hydrogen) atoms. The lowest BCUT2D eigenvalue weighted by Crippen LogP contribution is -2.34. The smallest absolute Gasteiger partial charge is 0.119 e. The molecule has 3 rings (SSSR count). The maximum Gasteiger partial charge on any atom is 0.119 e. The molecule has 0 bridgehead atoms. The zero-order chi connectivity index (χ0) is 17.8. The van der Waals surface area contributed by atoms with Crippen molar-refractivity contribution < 1.29 is 4.74 Å². The molecule has 0 aliphatic carbocycles. The Bertz CT molecular complexity index is 687. The zero-order valence-electron chi connectivity index (χ0n) is 15.9. The molecule has 1 fully saturated rings. The van der Waals surface area contributed by atoms with Crippen LogP contribution >= 0.6 is 0 Å². The maximum absolute atomic E-state index is 5.30. The minimum Gasteiger partial charge on any atom is -0.497 e. The highest BCUT2D eigenvalue weighted by atomic mass is 16.5. The second kappa shape index (κ2) is 8.00. The molecule has 1 aromatic heterocycles. The van der Waals surface area contributed by atoms with Crippen LogP contribution in [-0.2, 0) is 13.0 Å². The van der Waals surface area contributed by atoms with Crippen LogP contribution in [0.25, 0.3) is 0 Å². The van der Waals surface area contributed by atoms with E-state index in [0.29, 0.717) is 12.0 Å². The van der Waals surface area contributed by atoms with Crippen molar-refractivity contribution in [2.45, 2.75) is 52.6 Å². The Balaban J connectivity index is 1.54. The third kappa shape index (κ3) is 4.60. The van der Waals surface area contributed by atoms with E-state index >= 15 is 0 Å². The number of aryl methyl sites for hydroxylation is 1. The van der Waals surface area contributed by atoms with E-state index < -0.39 is 0 Å². The maximum atomic E-state index is 5.30. The SMILES string of the molecule is COc1ccc(CN2CCC(n3cc(CC(C)C)nn3)CC2)c(C)c1. The fourth-order valence-corrected chi connectivity index (χ4v) is 3.56. The topological polar surface area (TPSA) is 43.2 Å². The molecule has 0 atom stereocenters. The predicted molar refractivity (Wildman–Crippen MR) is 99.8 cm³/mol. The number of aromatic nitrogens is 3. The van der Waals surface area contributed by atoms with Gasteiger partial charge in [-0.1, -0.05) is 25.1 Å².